The van der Waals surface area contributed by atoms with E-state index in [0.29, 0.717) is 31.8 Å². The third-order valence-electron chi connectivity index (χ3n) is 8.11. The number of rotatable bonds is 3. The Morgan fingerprint density at radius 1 is 1.16 bits per heavy atom. The lowest BCUT2D eigenvalue weighted by molar-refractivity contribution is -0.117. The van der Waals surface area contributed by atoms with Gasteiger partial charge in [0, 0.05) is 0 Å². The van der Waals surface area contributed by atoms with E-state index in [0.717, 1.165) is 37.7 Å². The highest BCUT2D eigenvalue weighted by Crippen LogP contribution is 2.46. The fourth-order valence-electron chi connectivity index (χ4n) is 6.00. The lowest BCUT2D eigenvalue weighted by Crippen LogP contribution is -2.42. The van der Waals surface area contributed by atoms with Crippen molar-refractivity contribution in [1.82, 2.24) is 5.32 Å². The summed E-state index contributed by atoms with van der Waals surface area (Å²) >= 11 is 0. The first kappa shape index (κ1) is 28.0. The summed E-state index contributed by atoms with van der Waals surface area (Å²) in [5.74, 6) is 0.665. The molecule has 0 aromatic rings. The van der Waals surface area contributed by atoms with Gasteiger partial charge in [0.25, 0.3) is 0 Å². The molecule has 4 rings (SSSR count). The number of amides is 1. The predicted molar refractivity (Wildman–Crippen MR) is 146 cm³/mol. The molecule has 2 bridgehead atoms. The van der Waals surface area contributed by atoms with Gasteiger partial charge in [-0.15, -0.1) is 0 Å². The van der Waals surface area contributed by atoms with E-state index in [4.69, 9.17) is 9.47 Å². The second-order valence-electron chi connectivity index (χ2n) is 11.7. The highest BCUT2D eigenvalue weighted by Gasteiger charge is 2.44. The van der Waals surface area contributed by atoms with E-state index >= 15 is 0 Å². The largest absolute Gasteiger partial charge is 0.392 e. The Morgan fingerprint density at radius 2 is 2.00 bits per heavy atom. The number of ether oxygens (including phenoxy) is 2. The van der Waals surface area contributed by atoms with Crippen LogP contribution in [0.5, 0.6) is 0 Å². The number of carbonyl (C=O) groups excluding carboxylic acids is 1. The molecule has 0 radical (unpaired) electrons. The SMILES string of the molecule is C=C1C[C@H](C)C[C@@H]2CC=C[C@@H](C/C=C\C(=O)N[C@H]([C@@H](O)/C=C/[C@@H]3CC(C)=CCO3)C[C@@H]3CC3[C@@H](O)C1)O2. The standard InChI is InChI=1S/C31H45NO5/c1-20-12-13-36-25(15-20)10-11-29(33)28-19-23-18-27(23)30(34)17-22(3)14-21(2)16-26-8-4-6-24(37-26)7-5-9-31(35)32-28/h4-6,9-12,21,23-30,33-34H,3,7-8,13-19H2,1-2H3,(H,32,35)/b9-5-,11-10+/t21-,23-,24-,25+,26-,27?,28-,29-,30-/m0/s1. The van der Waals surface area contributed by atoms with Gasteiger partial charge >= 0.3 is 0 Å². The molecular formula is C31H45NO5. The molecule has 3 aliphatic heterocycles. The molecule has 204 valence electrons. The van der Waals surface area contributed by atoms with Crippen molar-refractivity contribution < 1.29 is 24.5 Å². The van der Waals surface area contributed by atoms with Gasteiger partial charge in [0.15, 0.2) is 0 Å². The van der Waals surface area contributed by atoms with Crippen LogP contribution in [0, 0.1) is 17.8 Å². The van der Waals surface area contributed by atoms with Crippen molar-refractivity contribution in [3.05, 3.63) is 60.3 Å². The number of hydrogen-bond donors (Lipinski definition) is 3. The van der Waals surface area contributed by atoms with E-state index in [1.807, 2.05) is 12.2 Å². The molecule has 1 aliphatic carbocycles. The number of hydrogen-bond acceptors (Lipinski definition) is 5. The maximum atomic E-state index is 12.8. The Hall–Kier alpha value is -1.99. The van der Waals surface area contributed by atoms with Gasteiger partial charge in [-0.3, -0.25) is 4.79 Å². The van der Waals surface area contributed by atoms with Crippen LogP contribution in [0.4, 0.5) is 0 Å². The van der Waals surface area contributed by atoms with E-state index in [-0.39, 0.29) is 36.1 Å². The number of aliphatic hydroxyl groups is 2. The van der Waals surface area contributed by atoms with E-state index in [2.05, 4.69) is 44.0 Å². The van der Waals surface area contributed by atoms with Crippen LogP contribution in [-0.2, 0) is 14.3 Å². The lowest BCUT2D eigenvalue weighted by Gasteiger charge is -2.28. The van der Waals surface area contributed by atoms with E-state index in [9.17, 15) is 15.0 Å². The second kappa shape index (κ2) is 13.2. The summed E-state index contributed by atoms with van der Waals surface area (Å²) in [7, 11) is 0. The van der Waals surface area contributed by atoms with E-state index in [1.54, 1.807) is 12.2 Å². The van der Waals surface area contributed by atoms with Crippen LogP contribution in [0.15, 0.2) is 60.3 Å². The Morgan fingerprint density at radius 3 is 2.81 bits per heavy atom. The zero-order valence-corrected chi connectivity index (χ0v) is 22.4. The molecule has 0 spiro atoms. The molecule has 3 heterocycles. The van der Waals surface area contributed by atoms with Crippen LogP contribution in [0.25, 0.3) is 0 Å². The minimum Gasteiger partial charge on any atom is -0.392 e. The quantitative estimate of drug-likeness (QED) is 0.484. The summed E-state index contributed by atoms with van der Waals surface area (Å²) in [5, 5.41) is 24.9. The first-order chi connectivity index (χ1) is 17.8. The van der Waals surface area contributed by atoms with Gasteiger partial charge < -0.3 is 25.0 Å². The zero-order chi connectivity index (χ0) is 26.4. The van der Waals surface area contributed by atoms with Gasteiger partial charge in [-0.2, -0.15) is 0 Å². The molecule has 0 aromatic heterocycles. The molecule has 1 unspecified atom stereocenters. The summed E-state index contributed by atoms with van der Waals surface area (Å²) in [6.07, 6.45) is 18.5. The summed E-state index contributed by atoms with van der Waals surface area (Å²) in [6.45, 7) is 9.15. The zero-order valence-electron chi connectivity index (χ0n) is 22.4. The Labute approximate surface area is 222 Å². The van der Waals surface area contributed by atoms with Crippen molar-refractivity contribution in [2.45, 2.75) is 102 Å². The molecule has 0 saturated heterocycles. The maximum Gasteiger partial charge on any atom is 0.243 e. The molecule has 6 nitrogen and oxygen atoms in total. The Balaban J connectivity index is 1.44. The van der Waals surface area contributed by atoms with Crippen molar-refractivity contribution in [2.24, 2.45) is 17.8 Å². The Bertz CT molecular complexity index is 921. The number of aliphatic hydroxyl groups excluding tert-OH is 2. The fraction of sp³-hybridized carbons (Fsp3) is 0.645. The average molecular weight is 512 g/mol. The minimum atomic E-state index is -0.836. The van der Waals surface area contributed by atoms with Gasteiger partial charge in [-0.25, -0.2) is 0 Å². The first-order valence-electron chi connectivity index (χ1n) is 14.0. The topological polar surface area (TPSA) is 88.0 Å². The first-order valence-corrected chi connectivity index (χ1v) is 14.0. The van der Waals surface area contributed by atoms with Crippen LogP contribution in [-0.4, -0.2) is 59.3 Å². The van der Waals surface area contributed by atoms with Gasteiger partial charge in [0.2, 0.25) is 5.91 Å². The fourth-order valence-corrected chi connectivity index (χ4v) is 6.00. The minimum absolute atomic E-state index is 0.0385. The van der Waals surface area contributed by atoms with Crippen LogP contribution in [0.1, 0.15) is 65.2 Å². The molecule has 37 heavy (non-hydrogen) atoms. The molecular weight excluding hydrogens is 466 g/mol. The second-order valence-corrected chi connectivity index (χ2v) is 11.7. The Kier molecular flexibility index (Phi) is 9.99. The van der Waals surface area contributed by atoms with Gasteiger partial charge in [-0.1, -0.05) is 61.1 Å². The van der Waals surface area contributed by atoms with Crippen molar-refractivity contribution in [2.75, 3.05) is 6.61 Å². The molecule has 0 aromatic carbocycles. The van der Waals surface area contributed by atoms with Crippen LogP contribution >= 0.6 is 0 Å². The molecule has 9 atom stereocenters. The summed E-state index contributed by atoms with van der Waals surface area (Å²) in [6, 6.07) is -0.437. The third kappa shape index (κ3) is 8.78. The van der Waals surface area contributed by atoms with Crippen molar-refractivity contribution in [1.29, 1.82) is 0 Å². The maximum absolute atomic E-state index is 12.8. The number of carbonyl (C=O) groups is 1. The number of fused-ring (bicyclic) bond motifs is 3. The van der Waals surface area contributed by atoms with Crippen LogP contribution in [0.3, 0.4) is 0 Å². The molecule has 4 aliphatic rings. The van der Waals surface area contributed by atoms with Gasteiger partial charge in [0.1, 0.15) is 0 Å². The summed E-state index contributed by atoms with van der Waals surface area (Å²) in [4.78, 5) is 12.8. The molecule has 1 saturated carbocycles. The number of nitrogens with one attached hydrogen (secondary N) is 1. The smallest absolute Gasteiger partial charge is 0.243 e. The highest BCUT2D eigenvalue weighted by molar-refractivity contribution is 5.87. The van der Waals surface area contributed by atoms with Crippen LogP contribution in [0.2, 0.25) is 0 Å². The molecule has 1 amide bonds. The average Bonchev–Trinajstić information content (AvgIpc) is 3.61. The van der Waals surface area contributed by atoms with E-state index < -0.39 is 18.2 Å². The van der Waals surface area contributed by atoms with E-state index in [1.165, 1.54) is 5.57 Å². The molecule has 3 N–H and O–H groups in total. The summed E-state index contributed by atoms with van der Waals surface area (Å²) < 4.78 is 12.0. The van der Waals surface area contributed by atoms with Crippen molar-refractivity contribution in [3.63, 3.8) is 0 Å². The normalized spacial score (nSPS) is 39.6. The lowest BCUT2D eigenvalue weighted by atomic mass is 9.90. The summed E-state index contributed by atoms with van der Waals surface area (Å²) in [5.41, 5.74) is 2.36. The van der Waals surface area contributed by atoms with Gasteiger partial charge in [-0.05, 0) is 82.1 Å². The predicted octanol–water partition coefficient (Wildman–Crippen LogP) is 4.55. The highest BCUT2D eigenvalue weighted by atomic mass is 16.5. The van der Waals surface area contributed by atoms with Crippen molar-refractivity contribution >= 4 is 5.91 Å². The molecule has 6 heteroatoms. The van der Waals surface area contributed by atoms with Crippen LogP contribution < -0.4 is 5.32 Å². The monoisotopic (exact) mass is 511 g/mol. The molecule has 1 fully saturated rings. The van der Waals surface area contributed by atoms with Crippen molar-refractivity contribution in [3.8, 4) is 0 Å². The van der Waals surface area contributed by atoms with Gasteiger partial charge in [0.05, 0.1) is 43.2 Å². The third-order valence-corrected chi connectivity index (χ3v) is 8.11.